The number of rotatable bonds is 7. The number of benzene rings is 1. The van der Waals surface area contributed by atoms with Crippen LogP contribution in [0.2, 0.25) is 0 Å². The third kappa shape index (κ3) is 3.51. The Balaban J connectivity index is 2.03. The van der Waals surface area contributed by atoms with Crippen molar-refractivity contribution in [2.75, 3.05) is 5.75 Å². The molecular formula is C14H16N4O3S. The van der Waals surface area contributed by atoms with Crippen molar-refractivity contribution < 1.29 is 9.72 Å². The summed E-state index contributed by atoms with van der Waals surface area (Å²) in [6.45, 7) is 4.77. The van der Waals surface area contributed by atoms with Gasteiger partial charge in [-0.3, -0.25) is 14.9 Å². The molecule has 0 N–H and O–H groups in total. The molecule has 0 aliphatic heterocycles. The van der Waals surface area contributed by atoms with E-state index in [2.05, 4.69) is 10.2 Å². The van der Waals surface area contributed by atoms with Gasteiger partial charge in [-0.15, -0.1) is 10.2 Å². The molecule has 0 radical (unpaired) electrons. The van der Waals surface area contributed by atoms with Crippen molar-refractivity contribution in [3.8, 4) is 0 Å². The van der Waals surface area contributed by atoms with E-state index in [0.717, 1.165) is 23.9 Å². The van der Waals surface area contributed by atoms with E-state index in [9.17, 15) is 14.9 Å². The standard InChI is InChI=1S/C14H16N4O3S/c1-3-13-15-16-14(17(13)4-2)22-9-12(19)10-5-7-11(8-6-10)18(20)21/h5-8H,3-4,9H2,1-2H3. The fraction of sp³-hybridized carbons (Fsp3) is 0.357. The van der Waals surface area contributed by atoms with E-state index in [4.69, 9.17) is 0 Å². The average molecular weight is 320 g/mol. The molecule has 0 atom stereocenters. The largest absolute Gasteiger partial charge is 0.306 e. The second-order valence-corrected chi connectivity index (χ2v) is 5.45. The minimum absolute atomic E-state index is 0.0254. The third-order valence-electron chi connectivity index (χ3n) is 3.16. The zero-order valence-corrected chi connectivity index (χ0v) is 13.2. The summed E-state index contributed by atoms with van der Waals surface area (Å²) in [6, 6.07) is 5.62. The van der Waals surface area contributed by atoms with Gasteiger partial charge >= 0.3 is 0 Å². The number of nitro groups is 1. The summed E-state index contributed by atoms with van der Waals surface area (Å²) in [5, 5.41) is 19.5. The molecule has 7 nitrogen and oxygen atoms in total. The lowest BCUT2D eigenvalue weighted by atomic mass is 10.1. The third-order valence-corrected chi connectivity index (χ3v) is 4.13. The van der Waals surface area contributed by atoms with Gasteiger partial charge in [0.25, 0.3) is 5.69 Å². The zero-order chi connectivity index (χ0) is 16.1. The SMILES string of the molecule is CCc1nnc(SCC(=O)c2ccc([N+](=O)[O-])cc2)n1CC. The number of hydrogen-bond acceptors (Lipinski definition) is 6. The molecule has 0 fully saturated rings. The second kappa shape index (κ2) is 7.17. The molecule has 0 amide bonds. The smallest absolute Gasteiger partial charge is 0.269 e. The number of ketones is 1. The van der Waals surface area contributed by atoms with Crippen molar-refractivity contribution >= 4 is 23.2 Å². The molecule has 0 bridgehead atoms. The van der Waals surface area contributed by atoms with Gasteiger partial charge < -0.3 is 4.57 Å². The topological polar surface area (TPSA) is 90.9 Å². The Hall–Kier alpha value is -2.22. The summed E-state index contributed by atoms with van der Waals surface area (Å²) in [7, 11) is 0. The summed E-state index contributed by atoms with van der Waals surface area (Å²) in [5.41, 5.74) is 0.430. The number of nitrogens with zero attached hydrogens (tertiary/aromatic N) is 4. The highest BCUT2D eigenvalue weighted by atomic mass is 32.2. The van der Waals surface area contributed by atoms with Crippen molar-refractivity contribution in [2.45, 2.75) is 32.0 Å². The first-order valence-corrected chi connectivity index (χ1v) is 7.87. The zero-order valence-electron chi connectivity index (χ0n) is 12.4. The number of non-ortho nitro benzene ring substituents is 1. The van der Waals surface area contributed by atoms with Gasteiger partial charge in [0.2, 0.25) is 0 Å². The average Bonchev–Trinajstić information content (AvgIpc) is 2.94. The van der Waals surface area contributed by atoms with E-state index >= 15 is 0 Å². The molecule has 22 heavy (non-hydrogen) atoms. The number of carbonyl (C=O) groups is 1. The van der Waals surface area contributed by atoms with Gasteiger partial charge in [-0.25, -0.2) is 0 Å². The lowest BCUT2D eigenvalue weighted by Gasteiger charge is -2.05. The van der Waals surface area contributed by atoms with Crippen molar-refractivity contribution in [3.05, 3.63) is 45.8 Å². The Morgan fingerprint density at radius 3 is 2.50 bits per heavy atom. The molecule has 1 aromatic heterocycles. The molecule has 1 heterocycles. The Labute approximate surface area is 131 Å². The molecule has 0 saturated carbocycles. The van der Waals surface area contributed by atoms with E-state index in [-0.39, 0.29) is 17.2 Å². The Bertz CT molecular complexity index is 682. The summed E-state index contributed by atoms with van der Waals surface area (Å²) in [6.07, 6.45) is 0.789. The van der Waals surface area contributed by atoms with Gasteiger partial charge in [0.05, 0.1) is 10.7 Å². The van der Waals surface area contributed by atoms with Crippen LogP contribution in [0.25, 0.3) is 0 Å². The molecule has 116 valence electrons. The van der Waals surface area contributed by atoms with Crippen LogP contribution in [0.5, 0.6) is 0 Å². The molecule has 0 unspecified atom stereocenters. The maximum Gasteiger partial charge on any atom is 0.269 e. The van der Waals surface area contributed by atoms with E-state index < -0.39 is 4.92 Å². The number of hydrogen-bond donors (Lipinski definition) is 0. The lowest BCUT2D eigenvalue weighted by Crippen LogP contribution is -2.06. The van der Waals surface area contributed by atoms with Gasteiger partial charge in [0, 0.05) is 30.7 Å². The summed E-state index contributed by atoms with van der Waals surface area (Å²) < 4.78 is 1.98. The van der Waals surface area contributed by atoms with Crippen molar-refractivity contribution in [2.24, 2.45) is 0 Å². The van der Waals surface area contributed by atoms with E-state index in [1.54, 1.807) is 0 Å². The van der Waals surface area contributed by atoms with E-state index in [1.165, 1.54) is 36.0 Å². The fourth-order valence-corrected chi connectivity index (χ4v) is 2.90. The van der Waals surface area contributed by atoms with Crippen LogP contribution in [-0.2, 0) is 13.0 Å². The molecule has 2 aromatic rings. The monoisotopic (exact) mass is 320 g/mol. The maximum absolute atomic E-state index is 12.1. The van der Waals surface area contributed by atoms with Gasteiger partial charge in [-0.1, -0.05) is 18.7 Å². The van der Waals surface area contributed by atoms with Crippen molar-refractivity contribution in [1.29, 1.82) is 0 Å². The van der Waals surface area contributed by atoms with E-state index in [1.807, 2.05) is 18.4 Å². The van der Waals surface area contributed by atoms with Gasteiger partial charge in [-0.2, -0.15) is 0 Å². The number of carbonyl (C=O) groups excluding carboxylic acids is 1. The quantitative estimate of drug-likeness (QED) is 0.337. The van der Waals surface area contributed by atoms with E-state index in [0.29, 0.717) is 5.56 Å². The van der Waals surface area contributed by atoms with Crippen LogP contribution in [0.15, 0.2) is 29.4 Å². The molecule has 0 aliphatic carbocycles. The van der Waals surface area contributed by atoms with Gasteiger partial charge in [-0.05, 0) is 19.1 Å². The second-order valence-electron chi connectivity index (χ2n) is 4.51. The number of aryl methyl sites for hydroxylation is 1. The molecule has 1 aromatic carbocycles. The predicted molar refractivity (Wildman–Crippen MR) is 83.2 cm³/mol. The number of nitro benzene ring substituents is 1. The highest BCUT2D eigenvalue weighted by molar-refractivity contribution is 7.99. The van der Waals surface area contributed by atoms with Gasteiger partial charge in [0.15, 0.2) is 10.9 Å². The highest BCUT2D eigenvalue weighted by Crippen LogP contribution is 2.20. The minimum atomic E-state index is -0.487. The summed E-state index contributed by atoms with van der Waals surface area (Å²) in [4.78, 5) is 22.2. The number of thioether (sulfide) groups is 1. The van der Waals surface area contributed by atoms with Crippen molar-refractivity contribution in [3.63, 3.8) is 0 Å². The Kier molecular flexibility index (Phi) is 5.26. The van der Waals surface area contributed by atoms with Crippen molar-refractivity contribution in [1.82, 2.24) is 14.8 Å². The van der Waals surface area contributed by atoms with Crippen LogP contribution >= 0.6 is 11.8 Å². The predicted octanol–water partition coefficient (Wildman–Crippen LogP) is 2.74. The Morgan fingerprint density at radius 1 is 1.27 bits per heavy atom. The van der Waals surface area contributed by atoms with Crippen LogP contribution in [0.4, 0.5) is 5.69 Å². The minimum Gasteiger partial charge on any atom is -0.306 e. The maximum atomic E-state index is 12.1. The first kappa shape index (κ1) is 16.2. The molecule has 8 heteroatoms. The summed E-state index contributed by atoms with van der Waals surface area (Å²) in [5.74, 6) is 1.02. The first-order valence-electron chi connectivity index (χ1n) is 6.89. The van der Waals surface area contributed by atoms with Crippen LogP contribution in [0.3, 0.4) is 0 Å². The molecule has 2 rings (SSSR count). The Morgan fingerprint density at radius 2 is 1.95 bits per heavy atom. The van der Waals surface area contributed by atoms with Crippen LogP contribution in [0.1, 0.15) is 30.0 Å². The van der Waals surface area contributed by atoms with Crippen LogP contribution < -0.4 is 0 Å². The fourth-order valence-electron chi connectivity index (χ4n) is 1.99. The van der Waals surface area contributed by atoms with Crippen LogP contribution in [0, 0.1) is 10.1 Å². The van der Waals surface area contributed by atoms with Gasteiger partial charge in [0.1, 0.15) is 5.82 Å². The number of aromatic nitrogens is 3. The normalized spacial score (nSPS) is 10.6. The summed E-state index contributed by atoms with van der Waals surface area (Å²) >= 11 is 1.33. The van der Waals surface area contributed by atoms with Crippen LogP contribution in [-0.4, -0.2) is 31.2 Å². The number of Topliss-reactive ketones (excluding diaryl/α,β-unsaturated/α-hetero) is 1. The molecule has 0 saturated heterocycles. The molecule has 0 spiro atoms. The molecular weight excluding hydrogens is 304 g/mol. The first-order chi connectivity index (χ1) is 10.6. The lowest BCUT2D eigenvalue weighted by molar-refractivity contribution is -0.384. The molecule has 0 aliphatic rings. The highest BCUT2D eigenvalue weighted by Gasteiger charge is 2.14.